The maximum Gasteiger partial charge on any atom is 0.0691 e. The van der Waals surface area contributed by atoms with Gasteiger partial charge in [0, 0.05) is 29.7 Å². The summed E-state index contributed by atoms with van der Waals surface area (Å²) in [6.45, 7) is 5.36. The zero-order chi connectivity index (χ0) is 13.1. The number of benzene rings is 1. The highest BCUT2D eigenvalue weighted by atomic mass is 32.2. The summed E-state index contributed by atoms with van der Waals surface area (Å²) in [4.78, 5) is 0. The average Bonchev–Trinajstić information content (AvgIpc) is 2.78. The fourth-order valence-corrected chi connectivity index (χ4v) is 4.07. The van der Waals surface area contributed by atoms with E-state index in [1.54, 1.807) is 0 Å². The molecule has 2 N–H and O–H groups in total. The third kappa shape index (κ3) is 2.99. The molecule has 3 nitrogen and oxygen atoms in total. The van der Waals surface area contributed by atoms with Crippen LogP contribution in [-0.2, 0) is 27.8 Å². The van der Waals surface area contributed by atoms with Crippen LogP contribution in [0.2, 0.25) is 0 Å². The molecular formula is C14H21NO2S. The zero-order valence-electron chi connectivity index (χ0n) is 11.0. The number of ether oxygens (including phenoxy) is 1. The molecule has 1 aromatic carbocycles. The highest BCUT2D eigenvalue weighted by Crippen LogP contribution is 2.22. The third-order valence-electron chi connectivity index (χ3n) is 3.58. The molecule has 1 saturated heterocycles. The molecule has 1 aliphatic rings. The van der Waals surface area contributed by atoms with E-state index in [4.69, 9.17) is 10.5 Å². The van der Waals surface area contributed by atoms with E-state index in [0.29, 0.717) is 12.3 Å². The van der Waals surface area contributed by atoms with Gasteiger partial charge in [0.1, 0.15) is 0 Å². The van der Waals surface area contributed by atoms with E-state index in [-0.39, 0.29) is 11.4 Å². The van der Waals surface area contributed by atoms with Gasteiger partial charge in [-0.1, -0.05) is 18.2 Å². The molecule has 4 heteroatoms. The van der Waals surface area contributed by atoms with Gasteiger partial charge in [0.15, 0.2) is 0 Å². The van der Waals surface area contributed by atoms with Crippen LogP contribution in [0.5, 0.6) is 0 Å². The molecule has 0 aromatic heterocycles. The largest absolute Gasteiger partial charge is 0.377 e. The van der Waals surface area contributed by atoms with Crippen LogP contribution >= 0.6 is 0 Å². The lowest BCUT2D eigenvalue weighted by Gasteiger charge is -2.15. The van der Waals surface area contributed by atoms with Crippen molar-refractivity contribution in [2.75, 3.05) is 6.61 Å². The molecule has 1 aromatic rings. The van der Waals surface area contributed by atoms with E-state index in [2.05, 4.69) is 19.1 Å². The number of hydrogen-bond donors (Lipinski definition) is 1. The summed E-state index contributed by atoms with van der Waals surface area (Å²) in [6.07, 6.45) is 1.03. The normalized spacial score (nSPS) is 25.3. The summed E-state index contributed by atoms with van der Waals surface area (Å²) in [5.41, 5.74) is 9.07. The fraction of sp³-hybridized carbons (Fsp3) is 0.571. The Bertz CT molecular complexity index is 447. The Morgan fingerprint density at radius 3 is 2.83 bits per heavy atom. The van der Waals surface area contributed by atoms with Crippen LogP contribution in [0.3, 0.4) is 0 Å². The van der Waals surface area contributed by atoms with E-state index in [0.717, 1.165) is 24.2 Å². The van der Waals surface area contributed by atoms with Gasteiger partial charge in [-0.3, -0.25) is 4.21 Å². The fourth-order valence-electron chi connectivity index (χ4n) is 2.36. The Morgan fingerprint density at radius 2 is 2.28 bits per heavy atom. The Balaban J connectivity index is 2.07. The smallest absolute Gasteiger partial charge is 0.0691 e. The van der Waals surface area contributed by atoms with Gasteiger partial charge < -0.3 is 10.5 Å². The molecule has 1 fully saturated rings. The van der Waals surface area contributed by atoms with Crippen molar-refractivity contribution in [3.8, 4) is 0 Å². The Morgan fingerprint density at radius 1 is 1.50 bits per heavy atom. The summed E-state index contributed by atoms with van der Waals surface area (Å²) >= 11 is 0. The summed E-state index contributed by atoms with van der Waals surface area (Å²) in [7, 11) is -0.852. The minimum atomic E-state index is -0.852. The minimum Gasteiger partial charge on any atom is -0.377 e. The number of rotatable bonds is 4. The Kier molecular flexibility index (Phi) is 4.54. The molecule has 0 saturated carbocycles. The lowest BCUT2D eigenvalue weighted by atomic mass is 10.1. The standard InChI is InChI=1S/C14H21NO2S/c1-10-7-12(8-15)3-4-13(10)9-18(16)14-5-6-17-11(14)2/h3-4,7,11,14H,5-6,8-9,15H2,1-2H3. The van der Waals surface area contributed by atoms with Crippen LogP contribution in [0.1, 0.15) is 30.0 Å². The van der Waals surface area contributed by atoms with Crippen LogP contribution < -0.4 is 5.73 Å². The predicted molar refractivity (Wildman–Crippen MR) is 74.7 cm³/mol. The molecule has 0 bridgehead atoms. The number of nitrogens with two attached hydrogens (primary N) is 1. The highest BCUT2D eigenvalue weighted by molar-refractivity contribution is 7.84. The topological polar surface area (TPSA) is 52.3 Å². The lowest BCUT2D eigenvalue weighted by Crippen LogP contribution is -2.24. The van der Waals surface area contributed by atoms with Crippen molar-refractivity contribution in [3.63, 3.8) is 0 Å². The van der Waals surface area contributed by atoms with Gasteiger partial charge in [-0.25, -0.2) is 0 Å². The van der Waals surface area contributed by atoms with E-state index in [1.165, 1.54) is 5.56 Å². The van der Waals surface area contributed by atoms with Crippen molar-refractivity contribution in [1.29, 1.82) is 0 Å². The van der Waals surface area contributed by atoms with Gasteiger partial charge in [-0.15, -0.1) is 0 Å². The molecule has 1 heterocycles. The molecule has 3 unspecified atom stereocenters. The lowest BCUT2D eigenvalue weighted by molar-refractivity contribution is 0.127. The van der Waals surface area contributed by atoms with Gasteiger partial charge in [-0.2, -0.15) is 0 Å². The zero-order valence-corrected chi connectivity index (χ0v) is 11.8. The van der Waals surface area contributed by atoms with Crippen molar-refractivity contribution in [3.05, 3.63) is 34.9 Å². The first-order valence-electron chi connectivity index (χ1n) is 6.39. The maximum atomic E-state index is 12.3. The second kappa shape index (κ2) is 5.95. The number of aryl methyl sites for hydroxylation is 1. The highest BCUT2D eigenvalue weighted by Gasteiger charge is 2.29. The Labute approximate surface area is 111 Å². The van der Waals surface area contributed by atoms with E-state index < -0.39 is 10.8 Å². The van der Waals surface area contributed by atoms with Gasteiger partial charge in [0.05, 0.1) is 11.4 Å². The van der Waals surface area contributed by atoms with E-state index in [9.17, 15) is 4.21 Å². The summed E-state index contributed by atoms with van der Waals surface area (Å²) in [6, 6.07) is 6.16. The molecule has 100 valence electrons. The van der Waals surface area contributed by atoms with Gasteiger partial charge in [-0.05, 0) is 37.0 Å². The van der Waals surface area contributed by atoms with Crippen molar-refractivity contribution < 1.29 is 8.95 Å². The van der Waals surface area contributed by atoms with Crippen molar-refractivity contribution in [2.45, 2.75) is 43.9 Å². The molecule has 3 atom stereocenters. The van der Waals surface area contributed by atoms with Crippen LogP contribution in [0, 0.1) is 6.92 Å². The maximum absolute atomic E-state index is 12.3. The van der Waals surface area contributed by atoms with E-state index in [1.807, 2.05) is 13.0 Å². The van der Waals surface area contributed by atoms with Gasteiger partial charge >= 0.3 is 0 Å². The molecule has 0 radical (unpaired) electrons. The van der Waals surface area contributed by atoms with Crippen molar-refractivity contribution >= 4 is 10.8 Å². The predicted octanol–water partition coefficient (Wildman–Crippen LogP) is 1.88. The van der Waals surface area contributed by atoms with Crippen LogP contribution in [0.15, 0.2) is 18.2 Å². The number of hydrogen-bond acceptors (Lipinski definition) is 3. The molecule has 2 rings (SSSR count). The Hall–Kier alpha value is -0.710. The first-order valence-corrected chi connectivity index (χ1v) is 7.77. The summed E-state index contributed by atoms with van der Waals surface area (Å²) in [5.74, 6) is 0.620. The third-order valence-corrected chi connectivity index (χ3v) is 5.47. The van der Waals surface area contributed by atoms with Crippen molar-refractivity contribution in [1.82, 2.24) is 0 Å². The molecule has 1 aliphatic heterocycles. The second-order valence-electron chi connectivity index (χ2n) is 4.89. The first kappa shape index (κ1) is 13.7. The summed E-state index contributed by atoms with van der Waals surface area (Å²) < 4.78 is 17.8. The molecule has 18 heavy (non-hydrogen) atoms. The summed E-state index contributed by atoms with van der Waals surface area (Å²) in [5, 5.41) is 0.179. The van der Waals surface area contributed by atoms with Crippen LogP contribution in [0.25, 0.3) is 0 Å². The van der Waals surface area contributed by atoms with Gasteiger partial charge in [0.2, 0.25) is 0 Å². The second-order valence-corrected chi connectivity index (χ2v) is 6.55. The quantitative estimate of drug-likeness (QED) is 0.906. The minimum absolute atomic E-state index is 0.120. The van der Waals surface area contributed by atoms with Crippen molar-refractivity contribution in [2.24, 2.45) is 5.73 Å². The molecule has 0 amide bonds. The van der Waals surface area contributed by atoms with Crippen LogP contribution in [0.4, 0.5) is 0 Å². The average molecular weight is 267 g/mol. The monoisotopic (exact) mass is 267 g/mol. The SMILES string of the molecule is Cc1cc(CN)ccc1CS(=O)C1CCOC1C. The molecule has 0 spiro atoms. The van der Waals surface area contributed by atoms with Gasteiger partial charge in [0.25, 0.3) is 0 Å². The molecule has 0 aliphatic carbocycles. The molecular weight excluding hydrogens is 246 g/mol. The first-order chi connectivity index (χ1) is 8.61. The van der Waals surface area contributed by atoms with E-state index >= 15 is 0 Å². The van der Waals surface area contributed by atoms with Crippen LogP contribution in [-0.4, -0.2) is 22.2 Å².